The summed E-state index contributed by atoms with van der Waals surface area (Å²) in [5.41, 5.74) is 0. The van der Waals surface area contributed by atoms with Crippen molar-refractivity contribution < 1.29 is 18.8 Å². The van der Waals surface area contributed by atoms with E-state index in [4.69, 9.17) is 9.16 Å². The summed E-state index contributed by atoms with van der Waals surface area (Å²) in [7, 11) is -1.81. The molecule has 0 saturated carbocycles. The number of carbonyl (C=O) groups excluding carboxylic acids is 2. The fourth-order valence-corrected chi connectivity index (χ4v) is 3.19. The standard InChI is InChI=1S/C16H32O4Si/c1-8-14(20-21(6,7)16(3,4)5)11-10-13(17)12-15(18)19-9-2/h14H,8-12H2,1-7H3. The van der Waals surface area contributed by atoms with Crippen molar-refractivity contribution in [3.63, 3.8) is 0 Å². The lowest BCUT2D eigenvalue weighted by Gasteiger charge is -2.39. The molecule has 5 heteroatoms. The molecule has 0 saturated heterocycles. The van der Waals surface area contributed by atoms with Gasteiger partial charge in [-0.05, 0) is 37.9 Å². The first-order valence-electron chi connectivity index (χ1n) is 7.88. The maximum Gasteiger partial charge on any atom is 0.313 e. The molecule has 1 atom stereocenters. The number of rotatable bonds is 9. The zero-order valence-corrected chi connectivity index (χ0v) is 15.7. The summed E-state index contributed by atoms with van der Waals surface area (Å²) in [6.07, 6.45) is 1.92. The van der Waals surface area contributed by atoms with Crippen molar-refractivity contribution >= 4 is 20.1 Å². The van der Waals surface area contributed by atoms with Gasteiger partial charge in [-0.25, -0.2) is 0 Å². The van der Waals surface area contributed by atoms with Crippen LogP contribution in [0.25, 0.3) is 0 Å². The largest absolute Gasteiger partial charge is 0.466 e. The summed E-state index contributed by atoms with van der Waals surface area (Å²) in [5.74, 6) is -0.494. The van der Waals surface area contributed by atoms with E-state index in [0.29, 0.717) is 19.4 Å². The minimum Gasteiger partial charge on any atom is -0.466 e. The number of ketones is 1. The van der Waals surface area contributed by atoms with Gasteiger partial charge in [0.1, 0.15) is 12.2 Å². The molecule has 0 aromatic rings. The van der Waals surface area contributed by atoms with E-state index in [-0.39, 0.29) is 23.3 Å². The number of ether oxygens (including phenoxy) is 1. The maximum atomic E-state index is 11.8. The molecule has 21 heavy (non-hydrogen) atoms. The highest BCUT2D eigenvalue weighted by Crippen LogP contribution is 2.38. The van der Waals surface area contributed by atoms with Crippen molar-refractivity contribution in [2.24, 2.45) is 0 Å². The first-order chi connectivity index (χ1) is 9.53. The maximum absolute atomic E-state index is 11.8. The lowest BCUT2D eigenvalue weighted by Crippen LogP contribution is -2.43. The Morgan fingerprint density at radius 2 is 1.71 bits per heavy atom. The molecule has 0 aliphatic heterocycles. The molecule has 0 aliphatic carbocycles. The molecule has 0 radical (unpaired) electrons. The molecular formula is C16H32O4Si. The van der Waals surface area contributed by atoms with Gasteiger partial charge in [-0.1, -0.05) is 27.7 Å². The molecule has 0 aliphatic rings. The molecule has 0 rings (SSSR count). The van der Waals surface area contributed by atoms with E-state index in [2.05, 4.69) is 40.8 Å². The zero-order chi connectivity index (χ0) is 16.7. The van der Waals surface area contributed by atoms with Gasteiger partial charge < -0.3 is 9.16 Å². The molecular weight excluding hydrogens is 284 g/mol. The number of Topliss-reactive ketones (excluding diaryl/α,β-unsaturated/α-hetero) is 1. The van der Waals surface area contributed by atoms with Crippen molar-refractivity contribution in [2.75, 3.05) is 6.61 Å². The van der Waals surface area contributed by atoms with Gasteiger partial charge in [-0.3, -0.25) is 9.59 Å². The molecule has 0 aromatic carbocycles. The Morgan fingerprint density at radius 3 is 2.14 bits per heavy atom. The predicted octanol–water partition coefficient (Wildman–Crippen LogP) is 4.09. The van der Waals surface area contributed by atoms with E-state index in [1.54, 1.807) is 6.92 Å². The lowest BCUT2D eigenvalue weighted by atomic mass is 10.1. The van der Waals surface area contributed by atoms with Gasteiger partial charge in [0, 0.05) is 12.5 Å². The highest BCUT2D eigenvalue weighted by atomic mass is 28.4. The molecule has 124 valence electrons. The Morgan fingerprint density at radius 1 is 1.14 bits per heavy atom. The second kappa shape index (κ2) is 8.69. The first kappa shape index (κ1) is 20.3. The number of hydrogen-bond acceptors (Lipinski definition) is 4. The van der Waals surface area contributed by atoms with Gasteiger partial charge in [-0.15, -0.1) is 0 Å². The Labute approximate surface area is 130 Å². The van der Waals surface area contributed by atoms with Crippen molar-refractivity contribution in [1.29, 1.82) is 0 Å². The smallest absolute Gasteiger partial charge is 0.313 e. The van der Waals surface area contributed by atoms with E-state index in [1.165, 1.54) is 0 Å². The van der Waals surface area contributed by atoms with Crippen LogP contribution in [-0.2, 0) is 18.8 Å². The quantitative estimate of drug-likeness (QED) is 0.365. The SMILES string of the molecule is CCOC(=O)CC(=O)CCC(CC)O[Si](C)(C)C(C)(C)C. The zero-order valence-electron chi connectivity index (χ0n) is 14.7. The Balaban J connectivity index is 4.34. The van der Waals surface area contributed by atoms with Crippen LogP contribution in [0.5, 0.6) is 0 Å². The van der Waals surface area contributed by atoms with Crippen LogP contribution in [0.15, 0.2) is 0 Å². The Bertz CT molecular complexity index is 345. The van der Waals surface area contributed by atoms with E-state index < -0.39 is 14.3 Å². The minimum atomic E-state index is -1.81. The predicted molar refractivity (Wildman–Crippen MR) is 87.9 cm³/mol. The van der Waals surface area contributed by atoms with Crippen LogP contribution < -0.4 is 0 Å². The van der Waals surface area contributed by atoms with Crippen molar-refractivity contribution in [1.82, 2.24) is 0 Å². The molecule has 0 amide bonds. The molecule has 0 bridgehead atoms. The first-order valence-corrected chi connectivity index (χ1v) is 10.8. The van der Waals surface area contributed by atoms with Gasteiger partial charge >= 0.3 is 5.97 Å². The molecule has 0 N–H and O–H groups in total. The number of carbonyl (C=O) groups is 2. The van der Waals surface area contributed by atoms with Crippen LogP contribution in [0.2, 0.25) is 18.1 Å². The van der Waals surface area contributed by atoms with Gasteiger partial charge in [0.25, 0.3) is 0 Å². The van der Waals surface area contributed by atoms with E-state index in [0.717, 1.165) is 6.42 Å². The second-order valence-corrected chi connectivity index (χ2v) is 11.7. The minimum absolute atomic E-state index is 0.0641. The molecule has 1 unspecified atom stereocenters. The number of esters is 1. The van der Waals surface area contributed by atoms with Crippen molar-refractivity contribution in [2.45, 2.75) is 84.5 Å². The average Bonchev–Trinajstić information content (AvgIpc) is 2.33. The summed E-state index contributed by atoms with van der Waals surface area (Å²) in [5, 5.41) is 0.162. The van der Waals surface area contributed by atoms with Gasteiger partial charge in [0.2, 0.25) is 0 Å². The van der Waals surface area contributed by atoms with E-state index in [9.17, 15) is 9.59 Å². The molecule has 0 fully saturated rings. The summed E-state index contributed by atoms with van der Waals surface area (Å²) >= 11 is 0. The molecule has 0 heterocycles. The van der Waals surface area contributed by atoms with E-state index in [1.807, 2.05) is 0 Å². The van der Waals surface area contributed by atoms with Crippen LogP contribution in [0.1, 0.15) is 60.3 Å². The van der Waals surface area contributed by atoms with Crippen molar-refractivity contribution in [3.05, 3.63) is 0 Å². The topological polar surface area (TPSA) is 52.6 Å². The van der Waals surface area contributed by atoms with E-state index >= 15 is 0 Å². The van der Waals surface area contributed by atoms with Gasteiger partial charge in [0.05, 0.1) is 6.61 Å². The van der Waals surface area contributed by atoms with Crippen LogP contribution in [0.3, 0.4) is 0 Å². The normalized spacial score (nSPS) is 13.9. The lowest BCUT2D eigenvalue weighted by molar-refractivity contribution is -0.145. The van der Waals surface area contributed by atoms with Crippen LogP contribution in [0, 0.1) is 0 Å². The highest BCUT2D eigenvalue weighted by molar-refractivity contribution is 6.74. The summed E-state index contributed by atoms with van der Waals surface area (Å²) in [6, 6.07) is 0. The molecule has 4 nitrogen and oxygen atoms in total. The monoisotopic (exact) mass is 316 g/mol. The van der Waals surface area contributed by atoms with Gasteiger partial charge in [0.15, 0.2) is 8.32 Å². The summed E-state index contributed by atoms with van der Waals surface area (Å²) in [4.78, 5) is 23.0. The third-order valence-electron chi connectivity index (χ3n) is 4.11. The molecule has 0 spiro atoms. The Hall–Kier alpha value is -0.683. The second-order valence-electron chi connectivity index (χ2n) is 6.97. The van der Waals surface area contributed by atoms with Gasteiger partial charge in [-0.2, -0.15) is 0 Å². The van der Waals surface area contributed by atoms with Crippen LogP contribution >= 0.6 is 0 Å². The summed E-state index contributed by atoms with van der Waals surface area (Å²) in [6.45, 7) is 15.2. The average molecular weight is 317 g/mol. The fourth-order valence-electron chi connectivity index (χ4n) is 1.72. The Kier molecular flexibility index (Phi) is 8.40. The number of hydrogen-bond donors (Lipinski definition) is 0. The third-order valence-corrected chi connectivity index (χ3v) is 8.65. The summed E-state index contributed by atoms with van der Waals surface area (Å²) < 4.78 is 11.1. The van der Waals surface area contributed by atoms with Crippen LogP contribution in [-0.4, -0.2) is 32.8 Å². The highest BCUT2D eigenvalue weighted by Gasteiger charge is 2.38. The van der Waals surface area contributed by atoms with Crippen molar-refractivity contribution in [3.8, 4) is 0 Å². The molecule has 0 aromatic heterocycles. The fraction of sp³-hybridized carbons (Fsp3) is 0.875. The van der Waals surface area contributed by atoms with Crippen LogP contribution in [0.4, 0.5) is 0 Å². The third kappa shape index (κ3) is 7.76.